The van der Waals surface area contributed by atoms with E-state index in [2.05, 4.69) is 5.32 Å². The van der Waals surface area contributed by atoms with Gasteiger partial charge in [-0.15, -0.1) is 0 Å². The van der Waals surface area contributed by atoms with Gasteiger partial charge >= 0.3 is 0 Å². The second-order valence-corrected chi connectivity index (χ2v) is 13.7. The van der Waals surface area contributed by atoms with Gasteiger partial charge in [-0.25, -0.2) is 12.8 Å². The van der Waals surface area contributed by atoms with Gasteiger partial charge in [0.2, 0.25) is 11.8 Å². The third kappa shape index (κ3) is 9.13. The first-order chi connectivity index (χ1) is 22.9. The number of rotatable bonds is 15. The predicted molar refractivity (Wildman–Crippen MR) is 184 cm³/mol. The van der Waals surface area contributed by atoms with Gasteiger partial charge in [0, 0.05) is 25.6 Å². The van der Waals surface area contributed by atoms with E-state index in [0.29, 0.717) is 12.3 Å². The van der Waals surface area contributed by atoms with E-state index in [1.54, 1.807) is 0 Å². The first-order valence-corrected chi connectivity index (χ1v) is 17.0. The first-order valence-electron chi connectivity index (χ1n) is 15.6. The topological polar surface area (TPSA) is 105 Å². The van der Waals surface area contributed by atoms with Gasteiger partial charge in [-0.05, 0) is 60.4 Å². The van der Waals surface area contributed by atoms with Crippen molar-refractivity contribution in [2.75, 3.05) is 31.6 Å². The van der Waals surface area contributed by atoms with E-state index in [9.17, 15) is 22.4 Å². The molecule has 0 bridgehead atoms. The van der Waals surface area contributed by atoms with Crippen molar-refractivity contribution in [3.05, 3.63) is 120 Å². The number of carbonyl (C=O) groups is 2. The first kappa shape index (κ1) is 35.9. The fourth-order valence-corrected chi connectivity index (χ4v) is 6.65. The molecular formula is C37H42FN3O6S. The van der Waals surface area contributed by atoms with E-state index >= 15 is 0 Å². The van der Waals surface area contributed by atoms with Crippen molar-refractivity contribution in [3.8, 4) is 11.5 Å². The van der Waals surface area contributed by atoms with Gasteiger partial charge in [0.05, 0.1) is 24.8 Å². The zero-order chi connectivity index (χ0) is 34.8. The largest absolute Gasteiger partial charge is 0.493 e. The lowest BCUT2D eigenvalue weighted by Gasteiger charge is -2.34. The molecule has 4 aromatic rings. The molecule has 0 unspecified atom stereocenters. The number of amides is 2. The number of aryl methyl sites for hydroxylation is 1. The van der Waals surface area contributed by atoms with Crippen LogP contribution in [0.5, 0.6) is 11.5 Å². The molecule has 1 atom stereocenters. The van der Waals surface area contributed by atoms with E-state index in [1.807, 2.05) is 75.4 Å². The van der Waals surface area contributed by atoms with Crippen molar-refractivity contribution < 1.29 is 31.9 Å². The Morgan fingerprint density at radius 1 is 0.833 bits per heavy atom. The molecule has 0 aliphatic heterocycles. The number of nitrogens with one attached hydrogen (secondary N) is 1. The number of ether oxygens (including phenoxy) is 2. The highest BCUT2D eigenvalue weighted by molar-refractivity contribution is 7.92. The summed E-state index contributed by atoms with van der Waals surface area (Å²) in [5.41, 5.74) is 2.64. The van der Waals surface area contributed by atoms with E-state index in [1.165, 1.54) is 49.5 Å². The van der Waals surface area contributed by atoms with Crippen LogP contribution >= 0.6 is 0 Å². The average molecular weight is 676 g/mol. The van der Waals surface area contributed by atoms with Crippen molar-refractivity contribution in [2.45, 2.75) is 44.7 Å². The molecular weight excluding hydrogens is 633 g/mol. The highest BCUT2D eigenvalue weighted by atomic mass is 32.2. The lowest BCUT2D eigenvalue weighted by Crippen LogP contribution is -2.53. The zero-order valence-corrected chi connectivity index (χ0v) is 28.7. The fourth-order valence-electron chi connectivity index (χ4n) is 5.22. The molecule has 48 heavy (non-hydrogen) atoms. The van der Waals surface area contributed by atoms with Crippen LogP contribution in [0, 0.1) is 18.7 Å². The van der Waals surface area contributed by atoms with Gasteiger partial charge in [-0.3, -0.25) is 13.9 Å². The monoisotopic (exact) mass is 675 g/mol. The normalized spacial score (nSPS) is 11.9. The summed E-state index contributed by atoms with van der Waals surface area (Å²) < 4.78 is 54.2. The van der Waals surface area contributed by atoms with Gasteiger partial charge in [0.1, 0.15) is 18.4 Å². The minimum atomic E-state index is -4.43. The molecule has 1 N–H and O–H groups in total. The number of sulfonamides is 1. The smallest absolute Gasteiger partial charge is 0.264 e. The predicted octanol–water partition coefficient (Wildman–Crippen LogP) is 5.76. The van der Waals surface area contributed by atoms with Crippen LogP contribution in [0.15, 0.2) is 102 Å². The Hall–Kier alpha value is -4.90. The lowest BCUT2D eigenvalue weighted by molar-refractivity contribution is -0.140. The van der Waals surface area contributed by atoms with Crippen molar-refractivity contribution in [2.24, 2.45) is 5.92 Å². The van der Waals surface area contributed by atoms with Gasteiger partial charge in [0.15, 0.2) is 11.5 Å². The van der Waals surface area contributed by atoms with E-state index < -0.39 is 34.3 Å². The van der Waals surface area contributed by atoms with Crippen LogP contribution in [0.25, 0.3) is 0 Å². The Bertz CT molecular complexity index is 1800. The summed E-state index contributed by atoms with van der Waals surface area (Å²) in [6.45, 7) is 5.64. The van der Waals surface area contributed by atoms with Gasteiger partial charge in [0.25, 0.3) is 10.0 Å². The lowest BCUT2D eigenvalue weighted by atomic mass is 10.0. The Kier molecular flexibility index (Phi) is 12.2. The molecule has 0 aliphatic carbocycles. The van der Waals surface area contributed by atoms with Crippen LogP contribution in [0.3, 0.4) is 0 Å². The van der Waals surface area contributed by atoms with E-state index in [-0.39, 0.29) is 41.1 Å². The van der Waals surface area contributed by atoms with Crippen molar-refractivity contribution in [3.63, 3.8) is 0 Å². The van der Waals surface area contributed by atoms with Gasteiger partial charge < -0.3 is 19.7 Å². The second-order valence-electron chi connectivity index (χ2n) is 11.9. The van der Waals surface area contributed by atoms with Crippen LogP contribution in [-0.4, -0.2) is 58.5 Å². The van der Waals surface area contributed by atoms with Crippen LogP contribution < -0.4 is 19.1 Å². The molecule has 0 spiro atoms. The Morgan fingerprint density at radius 3 is 2.12 bits per heavy atom. The third-order valence-corrected chi connectivity index (χ3v) is 9.50. The Morgan fingerprint density at radius 2 is 1.50 bits per heavy atom. The van der Waals surface area contributed by atoms with Gasteiger partial charge in [-0.1, -0.05) is 74.0 Å². The van der Waals surface area contributed by atoms with Crippen molar-refractivity contribution in [1.82, 2.24) is 10.2 Å². The zero-order valence-electron chi connectivity index (χ0n) is 27.9. The molecule has 11 heteroatoms. The van der Waals surface area contributed by atoms with Crippen LogP contribution in [0.1, 0.15) is 30.5 Å². The average Bonchev–Trinajstić information content (AvgIpc) is 3.08. The second kappa shape index (κ2) is 16.3. The number of methoxy groups -OCH3 is 2. The SMILES string of the molecule is COc1ccc(S(=O)(=O)N(CC(=O)N(Cc2cccc(C)c2)[C@H](Cc2ccccc2)C(=O)NCC(C)C)c2ccc(F)cc2)cc1OC. The molecule has 2 amide bonds. The van der Waals surface area contributed by atoms with E-state index in [4.69, 9.17) is 9.47 Å². The maximum atomic E-state index is 14.6. The number of nitrogens with zero attached hydrogens (tertiary/aromatic N) is 2. The summed E-state index contributed by atoms with van der Waals surface area (Å²) >= 11 is 0. The molecule has 0 aliphatic rings. The molecule has 4 aromatic carbocycles. The number of benzene rings is 4. The minimum absolute atomic E-state index is 0.0424. The number of anilines is 1. The van der Waals surface area contributed by atoms with Crippen LogP contribution in [0.4, 0.5) is 10.1 Å². The maximum Gasteiger partial charge on any atom is 0.264 e. The van der Waals surface area contributed by atoms with E-state index in [0.717, 1.165) is 33.1 Å². The molecule has 0 saturated heterocycles. The molecule has 0 aromatic heterocycles. The highest BCUT2D eigenvalue weighted by Crippen LogP contribution is 2.32. The molecule has 0 saturated carbocycles. The standard InChI is InChI=1S/C37H42FN3O6S/c1-26(2)23-39-37(43)33(21-28-11-7-6-8-12-28)40(24-29-13-9-10-27(3)20-29)36(42)25-41(31-16-14-30(38)15-17-31)48(44,45)32-18-19-34(46-4)35(22-32)47-5/h6-20,22,26,33H,21,23-25H2,1-5H3,(H,39,43)/t33-/m1/s1. The quantitative estimate of drug-likeness (QED) is 0.172. The number of hydrogen-bond acceptors (Lipinski definition) is 6. The van der Waals surface area contributed by atoms with Crippen LogP contribution in [0.2, 0.25) is 0 Å². The number of halogens is 1. The summed E-state index contributed by atoms with van der Waals surface area (Å²) in [7, 11) is -1.61. The number of carbonyl (C=O) groups excluding carboxylic acids is 2. The van der Waals surface area contributed by atoms with Gasteiger partial charge in [-0.2, -0.15) is 0 Å². The number of hydrogen-bond donors (Lipinski definition) is 1. The third-order valence-electron chi connectivity index (χ3n) is 7.73. The van der Waals surface area contributed by atoms with Crippen molar-refractivity contribution >= 4 is 27.5 Å². The molecule has 254 valence electrons. The summed E-state index contributed by atoms with van der Waals surface area (Å²) in [6, 6.07) is 24.9. The highest BCUT2D eigenvalue weighted by Gasteiger charge is 2.35. The summed E-state index contributed by atoms with van der Waals surface area (Å²) in [4.78, 5) is 29.7. The Labute approximate surface area is 282 Å². The molecule has 0 heterocycles. The molecule has 0 radical (unpaired) electrons. The summed E-state index contributed by atoms with van der Waals surface area (Å²) in [6.07, 6.45) is 0.196. The Balaban J connectivity index is 1.82. The minimum Gasteiger partial charge on any atom is -0.493 e. The molecule has 4 rings (SSSR count). The molecule has 0 fully saturated rings. The maximum absolute atomic E-state index is 14.6. The fraction of sp³-hybridized carbons (Fsp3) is 0.297. The van der Waals surface area contributed by atoms with Crippen molar-refractivity contribution in [1.29, 1.82) is 0 Å². The molecule has 9 nitrogen and oxygen atoms in total. The summed E-state index contributed by atoms with van der Waals surface area (Å²) in [5.74, 6) is -0.890. The summed E-state index contributed by atoms with van der Waals surface area (Å²) in [5, 5.41) is 2.97. The van der Waals surface area contributed by atoms with Crippen LogP contribution in [-0.2, 0) is 32.6 Å².